The lowest BCUT2D eigenvalue weighted by Crippen LogP contribution is -2.21. The van der Waals surface area contributed by atoms with Crippen molar-refractivity contribution in [2.75, 3.05) is 5.32 Å². The summed E-state index contributed by atoms with van der Waals surface area (Å²) in [5.41, 5.74) is 3.83. The van der Waals surface area contributed by atoms with E-state index < -0.39 is 0 Å². The Morgan fingerprint density at radius 1 is 1.04 bits per heavy atom. The lowest BCUT2D eigenvalue weighted by atomic mass is 10.1. The van der Waals surface area contributed by atoms with Crippen molar-refractivity contribution in [1.82, 2.24) is 4.57 Å². The minimum Gasteiger partial charge on any atom is -0.322 e. The van der Waals surface area contributed by atoms with Crippen LogP contribution in [0.3, 0.4) is 0 Å². The average Bonchev–Trinajstić information content (AvgIpc) is 2.55. The van der Waals surface area contributed by atoms with Gasteiger partial charge in [-0.3, -0.25) is 9.59 Å². The first-order valence-electron chi connectivity index (χ1n) is 7.45. The molecule has 1 amide bonds. The molecule has 0 fully saturated rings. The molecule has 0 bridgehead atoms. The van der Waals surface area contributed by atoms with Gasteiger partial charge in [-0.15, -0.1) is 0 Å². The molecule has 3 rings (SSSR count). The highest BCUT2D eigenvalue weighted by molar-refractivity contribution is 6.12. The first kappa shape index (κ1) is 15.0. The number of rotatable bonds is 2. The largest absolute Gasteiger partial charge is 0.322 e. The molecule has 0 radical (unpaired) electrons. The van der Waals surface area contributed by atoms with Gasteiger partial charge in [-0.2, -0.15) is 0 Å². The van der Waals surface area contributed by atoms with E-state index in [4.69, 9.17) is 0 Å². The molecule has 0 aliphatic rings. The number of carbonyl (C=O) groups excluding carboxylic acids is 1. The topological polar surface area (TPSA) is 51.1 Å². The summed E-state index contributed by atoms with van der Waals surface area (Å²) in [6, 6.07) is 14.6. The lowest BCUT2D eigenvalue weighted by Gasteiger charge is -2.13. The SMILES string of the molecule is Cc1cccc(NC(=O)c2cc(=O)n(C)c3ccccc23)c1C. The van der Waals surface area contributed by atoms with Gasteiger partial charge in [0.1, 0.15) is 0 Å². The molecular formula is C19H18N2O2. The molecule has 3 aromatic rings. The van der Waals surface area contributed by atoms with Crippen molar-refractivity contribution in [2.45, 2.75) is 13.8 Å². The van der Waals surface area contributed by atoms with Gasteiger partial charge < -0.3 is 9.88 Å². The fourth-order valence-electron chi connectivity index (χ4n) is 2.67. The second-order valence-corrected chi connectivity index (χ2v) is 5.67. The third-order valence-electron chi connectivity index (χ3n) is 4.25. The van der Waals surface area contributed by atoms with Crippen molar-refractivity contribution in [3.05, 3.63) is 75.6 Å². The number of fused-ring (bicyclic) bond motifs is 1. The van der Waals surface area contributed by atoms with E-state index in [0.717, 1.165) is 27.7 Å². The van der Waals surface area contributed by atoms with Gasteiger partial charge in [0.25, 0.3) is 11.5 Å². The quantitative estimate of drug-likeness (QED) is 0.789. The predicted octanol–water partition coefficient (Wildman–Crippen LogP) is 3.41. The Morgan fingerprint density at radius 3 is 2.57 bits per heavy atom. The molecule has 23 heavy (non-hydrogen) atoms. The number of hydrogen-bond acceptors (Lipinski definition) is 2. The molecule has 0 atom stereocenters. The fraction of sp³-hybridized carbons (Fsp3) is 0.158. The molecule has 0 unspecified atom stereocenters. The minimum absolute atomic E-state index is 0.199. The summed E-state index contributed by atoms with van der Waals surface area (Å²) in [4.78, 5) is 24.8. The van der Waals surface area contributed by atoms with E-state index in [1.165, 1.54) is 6.07 Å². The Bertz CT molecular complexity index is 971. The zero-order valence-electron chi connectivity index (χ0n) is 13.4. The second kappa shape index (κ2) is 5.72. The molecule has 0 aliphatic heterocycles. The summed E-state index contributed by atoms with van der Waals surface area (Å²) in [7, 11) is 1.71. The van der Waals surface area contributed by atoms with Crippen LogP contribution in [0.15, 0.2) is 53.3 Å². The molecule has 0 saturated heterocycles. The fourth-order valence-corrected chi connectivity index (χ4v) is 2.67. The minimum atomic E-state index is -0.271. The normalized spacial score (nSPS) is 10.7. The molecule has 0 aliphatic carbocycles. The Morgan fingerprint density at radius 2 is 1.78 bits per heavy atom. The number of carbonyl (C=O) groups is 1. The summed E-state index contributed by atoms with van der Waals surface area (Å²) in [6.45, 7) is 3.96. The molecule has 0 spiro atoms. The Balaban J connectivity index is 2.10. The van der Waals surface area contributed by atoms with E-state index in [9.17, 15) is 9.59 Å². The van der Waals surface area contributed by atoms with Crippen LogP contribution in [0.2, 0.25) is 0 Å². The monoisotopic (exact) mass is 306 g/mol. The molecule has 1 aromatic heterocycles. The van der Waals surface area contributed by atoms with Gasteiger partial charge in [-0.1, -0.05) is 30.3 Å². The molecule has 4 nitrogen and oxygen atoms in total. The number of anilines is 1. The van der Waals surface area contributed by atoms with Crippen molar-refractivity contribution < 1.29 is 4.79 Å². The number of aryl methyl sites for hydroxylation is 2. The number of amides is 1. The van der Waals surface area contributed by atoms with Crippen LogP contribution in [0.5, 0.6) is 0 Å². The van der Waals surface area contributed by atoms with Crippen LogP contribution in [0.25, 0.3) is 10.9 Å². The Hall–Kier alpha value is -2.88. The van der Waals surface area contributed by atoms with E-state index in [1.807, 2.05) is 56.3 Å². The number of hydrogen-bond donors (Lipinski definition) is 1. The van der Waals surface area contributed by atoms with Gasteiger partial charge in [0.05, 0.1) is 11.1 Å². The van der Waals surface area contributed by atoms with Gasteiger partial charge in [-0.05, 0) is 37.1 Å². The van der Waals surface area contributed by atoms with Crippen LogP contribution < -0.4 is 10.9 Å². The van der Waals surface area contributed by atoms with E-state index in [0.29, 0.717) is 5.56 Å². The summed E-state index contributed by atoms with van der Waals surface area (Å²) in [6.07, 6.45) is 0. The van der Waals surface area contributed by atoms with Gasteiger partial charge in [0.2, 0.25) is 0 Å². The second-order valence-electron chi connectivity index (χ2n) is 5.67. The lowest BCUT2D eigenvalue weighted by molar-refractivity contribution is 0.102. The average molecular weight is 306 g/mol. The number of nitrogens with zero attached hydrogens (tertiary/aromatic N) is 1. The highest BCUT2D eigenvalue weighted by Crippen LogP contribution is 2.21. The smallest absolute Gasteiger partial charge is 0.256 e. The van der Waals surface area contributed by atoms with Crippen molar-refractivity contribution in [3.63, 3.8) is 0 Å². The van der Waals surface area contributed by atoms with Crippen LogP contribution >= 0.6 is 0 Å². The van der Waals surface area contributed by atoms with Crippen molar-refractivity contribution in [3.8, 4) is 0 Å². The van der Waals surface area contributed by atoms with Crippen LogP contribution in [-0.2, 0) is 7.05 Å². The van der Waals surface area contributed by atoms with Crippen molar-refractivity contribution in [1.29, 1.82) is 0 Å². The molecule has 116 valence electrons. The van der Waals surface area contributed by atoms with Gasteiger partial charge >= 0.3 is 0 Å². The first-order chi connectivity index (χ1) is 11.0. The molecule has 4 heteroatoms. The summed E-state index contributed by atoms with van der Waals surface area (Å²) >= 11 is 0. The molecule has 1 N–H and O–H groups in total. The summed E-state index contributed by atoms with van der Waals surface area (Å²) in [5.74, 6) is -0.271. The van der Waals surface area contributed by atoms with E-state index in [2.05, 4.69) is 5.32 Å². The number of nitrogens with one attached hydrogen (secondary N) is 1. The maximum absolute atomic E-state index is 12.7. The predicted molar refractivity (Wildman–Crippen MR) is 93.1 cm³/mol. The van der Waals surface area contributed by atoms with E-state index in [-0.39, 0.29) is 11.5 Å². The van der Waals surface area contributed by atoms with Crippen LogP contribution in [0, 0.1) is 13.8 Å². The number of para-hydroxylation sites is 1. The third-order valence-corrected chi connectivity index (χ3v) is 4.25. The van der Waals surface area contributed by atoms with Crippen LogP contribution in [0.1, 0.15) is 21.5 Å². The van der Waals surface area contributed by atoms with Crippen LogP contribution in [0.4, 0.5) is 5.69 Å². The van der Waals surface area contributed by atoms with Gasteiger partial charge in [0, 0.05) is 24.2 Å². The number of benzene rings is 2. The number of aromatic nitrogens is 1. The van der Waals surface area contributed by atoms with E-state index >= 15 is 0 Å². The first-order valence-corrected chi connectivity index (χ1v) is 7.45. The Labute approximate surface area is 134 Å². The highest BCUT2D eigenvalue weighted by atomic mass is 16.2. The standard InChI is InChI=1S/C19H18N2O2/c1-12-7-6-9-16(13(12)2)20-19(23)15-11-18(22)21(3)17-10-5-4-8-14(15)17/h4-11H,1-3H3,(H,20,23). The van der Waals surface area contributed by atoms with Crippen LogP contribution in [-0.4, -0.2) is 10.5 Å². The maximum Gasteiger partial charge on any atom is 0.256 e. The van der Waals surface area contributed by atoms with Gasteiger partial charge in [-0.25, -0.2) is 0 Å². The summed E-state index contributed by atoms with van der Waals surface area (Å²) < 4.78 is 1.55. The molecular weight excluding hydrogens is 288 g/mol. The molecule has 1 heterocycles. The Kier molecular flexibility index (Phi) is 3.74. The van der Waals surface area contributed by atoms with Crippen molar-refractivity contribution in [2.24, 2.45) is 7.05 Å². The summed E-state index contributed by atoms with van der Waals surface area (Å²) in [5, 5.41) is 3.68. The molecule has 0 saturated carbocycles. The van der Waals surface area contributed by atoms with E-state index in [1.54, 1.807) is 11.6 Å². The zero-order valence-corrected chi connectivity index (χ0v) is 13.4. The van der Waals surface area contributed by atoms with Gasteiger partial charge in [0.15, 0.2) is 0 Å². The zero-order chi connectivity index (χ0) is 16.6. The third kappa shape index (κ3) is 2.63. The number of pyridine rings is 1. The highest BCUT2D eigenvalue weighted by Gasteiger charge is 2.14. The maximum atomic E-state index is 12.7. The van der Waals surface area contributed by atoms with Crippen molar-refractivity contribution >= 4 is 22.5 Å². The molecule has 2 aromatic carbocycles.